The van der Waals surface area contributed by atoms with Crippen LogP contribution in [-0.2, 0) is 10.0 Å². The van der Waals surface area contributed by atoms with Gasteiger partial charge in [-0.3, -0.25) is 0 Å². The molecule has 1 saturated carbocycles. The van der Waals surface area contributed by atoms with Crippen molar-refractivity contribution in [2.45, 2.75) is 37.0 Å². The summed E-state index contributed by atoms with van der Waals surface area (Å²) >= 11 is 1.67. The fraction of sp³-hybridized carbons (Fsp3) is 0.562. The van der Waals surface area contributed by atoms with E-state index in [9.17, 15) is 8.42 Å². The lowest BCUT2D eigenvalue weighted by Crippen LogP contribution is -2.45. The van der Waals surface area contributed by atoms with E-state index in [1.807, 2.05) is 18.2 Å². The molecule has 1 saturated heterocycles. The summed E-state index contributed by atoms with van der Waals surface area (Å²) in [7, 11) is -1.44. The van der Waals surface area contributed by atoms with Crippen LogP contribution in [-0.4, -0.2) is 44.9 Å². The number of fused-ring (bicyclic) bond motifs is 1. The van der Waals surface area contributed by atoms with E-state index in [2.05, 4.69) is 9.62 Å². The van der Waals surface area contributed by atoms with Crippen LogP contribution in [0.4, 0.5) is 5.13 Å². The monoisotopic (exact) mass is 367 g/mol. The largest absolute Gasteiger partial charge is 0.497 e. The van der Waals surface area contributed by atoms with Gasteiger partial charge in [0.05, 0.1) is 22.6 Å². The minimum absolute atomic E-state index is 0.0568. The first-order valence-electron chi connectivity index (χ1n) is 8.26. The number of sulfonamides is 1. The minimum atomic E-state index is -3.09. The number of benzene rings is 1. The maximum Gasteiger partial charge on any atom is 0.214 e. The Kier molecular flexibility index (Phi) is 4.14. The zero-order chi connectivity index (χ0) is 16.7. The highest BCUT2D eigenvalue weighted by molar-refractivity contribution is 7.90. The Morgan fingerprint density at radius 1 is 1.25 bits per heavy atom. The van der Waals surface area contributed by atoms with E-state index in [0.29, 0.717) is 0 Å². The Balaban J connectivity index is 1.42. The highest BCUT2D eigenvalue weighted by Gasteiger charge is 2.37. The standard InChI is InChI=1S/C16H21N3O3S2/c1-22-12-2-5-15-14(10-12)17-16(23-15)19-8-6-11(7-9-19)18-24(20,21)13-3-4-13/h2,5,10-11,13,18H,3-4,6-9H2,1H3. The van der Waals surface area contributed by atoms with Gasteiger partial charge in [0, 0.05) is 25.2 Å². The number of nitrogens with one attached hydrogen (secondary N) is 1. The van der Waals surface area contributed by atoms with Crippen LogP contribution in [0.15, 0.2) is 18.2 Å². The van der Waals surface area contributed by atoms with E-state index >= 15 is 0 Å². The highest BCUT2D eigenvalue weighted by Crippen LogP contribution is 2.33. The summed E-state index contributed by atoms with van der Waals surface area (Å²) in [4.78, 5) is 6.96. The number of aromatic nitrogens is 1. The maximum atomic E-state index is 12.0. The highest BCUT2D eigenvalue weighted by atomic mass is 32.2. The lowest BCUT2D eigenvalue weighted by atomic mass is 10.1. The molecule has 4 rings (SSSR count). The van der Waals surface area contributed by atoms with Gasteiger partial charge in [0.25, 0.3) is 0 Å². The zero-order valence-electron chi connectivity index (χ0n) is 13.6. The Hall–Kier alpha value is -1.38. The van der Waals surface area contributed by atoms with E-state index in [-0.39, 0.29) is 11.3 Å². The summed E-state index contributed by atoms with van der Waals surface area (Å²) in [6.07, 6.45) is 3.27. The first-order valence-corrected chi connectivity index (χ1v) is 10.6. The van der Waals surface area contributed by atoms with Gasteiger partial charge in [0.1, 0.15) is 5.75 Å². The van der Waals surface area contributed by atoms with Crippen molar-refractivity contribution in [2.24, 2.45) is 0 Å². The Bertz CT molecular complexity index is 837. The van der Waals surface area contributed by atoms with Gasteiger partial charge in [-0.05, 0) is 37.8 Å². The summed E-state index contributed by atoms with van der Waals surface area (Å²) < 4.78 is 33.4. The van der Waals surface area contributed by atoms with Crippen LogP contribution in [0.25, 0.3) is 10.2 Å². The van der Waals surface area contributed by atoms with Crippen molar-refractivity contribution in [2.75, 3.05) is 25.1 Å². The predicted octanol–water partition coefficient (Wildman–Crippen LogP) is 2.36. The van der Waals surface area contributed by atoms with Crippen molar-refractivity contribution in [3.05, 3.63) is 18.2 Å². The SMILES string of the molecule is COc1ccc2sc(N3CCC(NS(=O)(=O)C4CC4)CC3)nc2c1. The fourth-order valence-electron chi connectivity index (χ4n) is 3.05. The molecule has 0 spiro atoms. The zero-order valence-corrected chi connectivity index (χ0v) is 15.2. The second-order valence-electron chi connectivity index (χ2n) is 6.45. The molecule has 2 fully saturated rings. The molecule has 2 heterocycles. The summed E-state index contributed by atoms with van der Waals surface area (Å²) in [6, 6.07) is 5.99. The second kappa shape index (κ2) is 6.16. The number of thiazole rings is 1. The fourth-order valence-corrected chi connectivity index (χ4v) is 5.70. The first kappa shape index (κ1) is 16.1. The Morgan fingerprint density at radius 2 is 2.00 bits per heavy atom. The topological polar surface area (TPSA) is 71.5 Å². The number of rotatable bonds is 5. The van der Waals surface area contributed by atoms with E-state index in [1.165, 1.54) is 0 Å². The van der Waals surface area contributed by atoms with Gasteiger partial charge >= 0.3 is 0 Å². The van der Waals surface area contributed by atoms with Crippen molar-refractivity contribution in [1.29, 1.82) is 0 Å². The van der Waals surface area contributed by atoms with Crippen LogP contribution < -0.4 is 14.4 Å². The van der Waals surface area contributed by atoms with Gasteiger partial charge in [-0.25, -0.2) is 18.1 Å². The average molecular weight is 367 g/mol. The lowest BCUT2D eigenvalue weighted by Gasteiger charge is -2.31. The van der Waals surface area contributed by atoms with Crippen LogP contribution in [0.1, 0.15) is 25.7 Å². The first-order chi connectivity index (χ1) is 11.5. The second-order valence-corrected chi connectivity index (χ2v) is 9.46. The number of piperidine rings is 1. The molecule has 1 N–H and O–H groups in total. The van der Waals surface area contributed by atoms with E-state index < -0.39 is 10.0 Å². The molecule has 1 aliphatic carbocycles. The van der Waals surface area contributed by atoms with Gasteiger partial charge in [0.15, 0.2) is 5.13 Å². The van der Waals surface area contributed by atoms with Crippen molar-refractivity contribution >= 4 is 36.7 Å². The number of hydrogen-bond acceptors (Lipinski definition) is 6. The van der Waals surface area contributed by atoms with Crippen LogP contribution in [0, 0.1) is 0 Å². The van der Waals surface area contributed by atoms with E-state index in [4.69, 9.17) is 9.72 Å². The summed E-state index contributed by atoms with van der Waals surface area (Å²) in [5.41, 5.74) is 0.950. The summed E-state index contributed by atoms with van der Waals surface area (Å²) in [5.74, 6) is 0.813. The summed E-state index contributed by atoms with van der Waals surface area (Å²) in [5, 5.41) is 0.858. The molecular formula is C16H21N3O3S2. The number of nitrogens with zero attached hydrogens (tertiary/aromatic N) is 2. The molecule has 1 aromatic carbocycles. The van der Waals surface area contributed by atoms with Crippen LogP contribution in [0.5, 0.6) is 5.75 Å². The molecule has 0 atom stereocenters. The molecule has 1 aliphatic heterocycles. The van der Waals surface area contributed by atoms with Crippen molar-refractivity contribution < 1.29 is 13.2 Å². The minimum Gasteiger partial charge on any atom is -0.497 e. The third-order valence-electron chi connectivity index (χ3n) is 4.64. The normalized spacial score (nSPS) is 19.8. The molecule has 0 bridgehead atoms. The van der Waals surface area contributed by atoms with Gasteiger partial charge in [-0.15, -0.1) is 0 Å². The van der Waals surface area contributed by atoms with Crippen LogP contribution in [0.2, 0.25) is 0 Å². The van der Waals surface area contributed by atoms with Gasteiger partial charge in [0.2, 0.25) is 10.0 Å². The molecule has 1 aromatic heterocycles. The third kappa shape index (κ3) is 3.22. The number of anilines is 1. The lowest BCUT2D eigenvalue weighted by molar-refractivity contribution is 0.415. The van der Waals surface area contributed by atoms with E-state index in [0.717, 1.165) is 59.9 Å². The van der Waals surface area contributed by atoms with Crippen molar-refractivity contribution in [3.63, 3.8) is 0 Å². The van der Waals surface area contributed by atoms with Gasteiger partial charge < -0.3 is 9.64 Å². The molecule has 6 nitrogen and oxygen atoms in total. The average Bonchev–Trinajstić information content (AvgIpc) is 3.35. The van der Waals surface area contributed by atoms with Gasteiger partial charge in [-0.1, -0.05) is 11.3 Å². The molecule has 0 amide bonds. The third-order valence-corrected chi connectivity index (χ3v) is 7.75. The van der Waals surface area contributed by atoms with Crippen LogP contribution in [0.3, 0.4) is 0 Å². The van der Waals surface area contributed by atoms with E-state index in [1.54, 1.807) is 18.4 Å². The Labute approximate surface area is 145 Å². The van der Waals surface area contributed by atoms with Gasteiger partial charge in [-0.2, -0.15) is 0 Å². The molecule has 0 radical (unpaired) electrons. The maximum absolute atomic E-state index is 12.0. The molecule has 0 unspecified atom stereocenters. The predicted molar refractivity (Wildman–Crippen MR) is 96.5 cm³/mol. The number of hydrogen-bond donors (Lipinski definition) is 1. The molecule has 24 heavy (non-hydrogen) atoms. The molecule has 2 aromatic rings. The molecule has 130 valence electrons. The molecular weight excluding hydrogens is 346 g/mol. The molecule has 2 aliphatic rings. The van der Waals surface area contributed by atoms with Crippen molar-refractivity contribution in [3.8, 4) is 5.75 Å². The summed E-state index contributed by atoms with van der Waals surface area (Å²) in [6.45, 7) is 1.66. The number of methoxy groups -OCH3 is 1. The van der Waals surface area contributed by atoms with Crippen molar-refractivity contribution in [1.82, 2.24) is 9.71 Å². The smallest absolute Gasteiger partial charge is 0.214 e. The molecule has 8 heteroatoms. The number of ether oxygens (including phenoxy) is 1. The Morgan fingerprint density at radius 3 is 2.67 bits per heavy atom. The quantitative estimate of drug-likeness (QED) is 0.878. The van der Waals surface area contributed by atoms with Crippen LogP contribution >= 0.6 is 11.3 Å².